The molecule has 6 atom stereocenters. The van der Waals surface area contributed by atoms with E-state index >= 15 is 0 Å². The van der Waals surface area contributed by atoms with E-state index in [9.17, 15) is 0 Å². The van der Waals surface area contributed by atoms with Gasteiger partial charge in [0.05, 0.1) is 6.04 Å². The van der Waals surface area contributed by atoms with Crippen molar-refractivity contribution in [2.75, 3.05) is 9.80 Å². The molecule has 3 heteroatoms. The van der Waals surface area contributed by atoms with E-state index in [1.54, 1.807) is 5.70 Å². The number of hydrogen-bond acceptors (Lipinski definition) is 2. The summed E-state index contributed by atoms with van der Waals surface area (Å²) in [5.41, 5.74) is 19.2. The van der Waals surface area contributed by atoms with Crippen LogP contribution in [0.15, 0.2) is 103 Å². The number of rotatable bonds is 3. The quantitative estimate of drug-likeness (QED) is 0.150. The van der Waals surface area contributed by atoms with Crippen molar-refractivity contribution in [2.45, 2.75) is 165 Å². The minimum atomic E-state index is 0.0336. The molecule has 2 heterocycles. The summed E-state index contributed by atoms with van der Waals surface area (Å²) in [7, 11) is 0. The van der Waals surface area contributed by atoms with Crippen molar-refractivity contribution in [1.82, 2.24) is 0 Å². The van der Waals surface area contributed by atoms with Crippen LogP contribution in [0.1, 0.15) is 162 Å². The fraction of sp³-hybridized carbons (Fsp3) is 0.508. The highest BCUT2D eigenvalue weighted by Crippen LogP contribution is 2.55. The monoisotopic (exact) mass is 851 g/mol. The van der Waals surface area contributed by atoms with Crippen LogP contribution in [0.5, 0.6) is 0 Å². The first kappa shape index (κ1) is 44.9. The van der Waals surface area contributed by atoms with Gasteiger partial charge in [0.25, 0.3) is 0 Å². The molecule has 0 spiro atoms. The molecule has 0 amide bonds. The van der Waals surface area contributed by atoms with Crippen molar-refractivity contribution < 1.29 is 0 Å². The molecule has 9 rings (SSSR count). The van der Waals surface area contributed by atoms with Gasteiger partial charge in [0.1, 0.15) is 0 Å². The van der Waals surface area contributed by atoms with Gasteiger partial charge in [0.15, 0.2) is 0 Å². The van der Waals surface area contributed by atoms with E-state index in [1.165, 1.54) is 73.5 Å². The maximum absolute atomic E-state index is 2.91. The van der Waals surface area contributed by atoms with Gasteiger partial charge in [-0.15, -0.1) is 0 Å². The van der Waals surface area contributed by atoms with E-state index in [2.05, 4.69) is 224 Å². The summed E-state index contributed by atoms with van der Waals surface area (Å²) in [6, 6.07) is 29.9. The van der Waals surface area contributed by atoms with Crippen molar-refractivity contribution in [3.8, 4) is 0 Å². The predicted octanol–water partition coefficient (Wildman–Crippen LogP) is 15.5. The highest BCUT2D eigenvalue weighted by Gasteiger charge is 2.52. The van der Waals surface area contributed by atoms with Crippen LogP contribution < -0.4 is 20.7 Å². The fourth-order valence-electron chi connectivity index (χ4n) is 12.1. The molecule has 0 fully saturated rings. The summed E-state index contributed by atoms with van der Waals surface area (Å²) in [5.74, 6) is 2.35. The van der Waals surface area contributed by atoms with Gasteiger partial charge < -0.3 is 9.80 Å². The maximum atomic E-state index is 2.91. The van der Waals surface area contributed by atoms with Crippen LogP contribution in [-0.2, 0) is 17.3 Å². The molecular weight excluding hydrogens is 771 g/mol. The summed E-state index contributed by atoms with van der Waals surface area (Å²) in [6.45, 7) is 38.7. The topological polar surface area (TPSA) is 6.48 Å². The van der Waals surface area contributed by atoms with Gasteiger partial charge in [-0.25, -0.2) is 0 Å². The van der Waals surface area contributed by atoms with E-state index in [-0.39, 0.29) is 39.8 Å². The first-order valence-electron chi connectivity index (χ1n) is 25.0. The van der Waals surface area contributed by atoms with Crippen LogP contribution in [0, 0.1) is 40.9 Å². The van der Waals surface area contributed by atoms with Gasteiger partial charge in [0, 0.05) is 34.4 Å². The molecule has 0 saturated heterocycles. The molecule has 0 saturated carbocycles. The lowest BCUT2D eigenvalue weighted by Crippen LogP contribution is -2.61. The summed E-state index contributed by atoms with van der Waals surface area (Å²) < 4.78 is 0. The Kier molecular flexibility index (Phi) is 10.8. The zero-order chi connectivity index (χ0) is 46.1. The summed E-state index contributed by atoms with van der Waals surface area (Å²) in [5, 5.41) is 0. The second-order valence-corrected chi connectivity index (χ2v) is 26.2. The zero-order valence-electron chi connectivity index (χ0n) is 42.6. The number of nitrogens with zero attached hydrogens (tertiary/aromatic N) is 2. The smallest absolute Gasteiger partial charge is 0.226 e. The molecule has 2 nitrogen and oxygen atoms in total. The molecular formula is C61H79BN2. The van der Waals surface area contributed by atoms with Crippen molar-refractivity contribution in [1.29, 1.82) is 0 Å². The Hall–Kier alpha value is -4.24. The Morgan fingerprint density at radius 1 is 0.594 bits per heavy atom. The lowest BCUT2D eigenvalue weighted by atomic mass is 9.28. The molecule has 64 heavy (non-hydrogen) atoms. The Balaban J connectivity index is 1.28. The molecule has 336 valence electrons. The standard InChI is InChI=1S/C61H79BN2/c1-38-31-54-56-55(32-38)64(51-28-23-44(59(8,9)10)35-48(51)41-18-17-40-34-43(58(5,6)7)20-19-39(40)33-41)53-30-25-46(61(14,15)16)37-50(53)62(56)49-36-45(60(11,12)13)24-29-52(49)63(54)47-26-21-42(22-27-47)57(2,3)4/h17-24,26-33,36,43-44,46,48,50-51H,25,34-35,37H2,1-16H3. The zero-order valence-corrected chi connectivity index (χ0v) is 42.6. The van der Waals surface area contributed by atoms with Crippen LogP contribution in [0.25, 0.3) is 6.08 Å². The van der Waals surface area contributed by atoms with E-state index < -0.39 is 0 Å². The number of anilines is 4. The highest BCUT2D eigenvalue weighted by atomic mass is 15.2. The second-order valence-electron chi connectivity index (χ2n) is 26.2. The van der Waals surface area contributed by atoms with Crippen LogP contribution in [0.4, 0.5) is 22.7 Å². The molecule has 5 aliphatic rings. The average molecular weight is 851 g/mol. The van der Waals surface area contributed by atoms with Crippen molar-refractivity contribution in [3.63, 3.8) is 0 Å². The SMILES string of the molecule is Cc1cc2c3c(c1)N(C1C=CC(C(C)(C)C)CC1c1ccc4c(c1)C=CC(C(C)(C)C)C4)C1=CCC(C(C)(C)C)CC1B3c1cc(C(C)(C)C)ccc1N2c1ccc(C(C)(C)C)cc1. The van der Waals surface area contributed by atoms with Crippen LogP contribution in [0.2, 0.25) is 5.82 Å². The molecule has 4 aromatic rings. The van der Waals surface area contributed by atoms with Crippen LogP contribution >= 0.6 is 0 Å². The van der Waals surface area contributed by atoms with Crippen LogP contribution in [0.3, 0.4) is 0 Å². The van der Waals surface area contributed by atoms with Gasteiger partial charge in [0.2, 0.25) is 6.71 Å². The molecule has 4 aromatic carbocycles. The van der Waals surface area contributed by atoms with Gasteiger partial charge >= 0.3 is 0 Å². The van der Waals surface area contributed by atoms with E-state index in [4.69, 9.17) is 0 Å². The summed E-state index contributed by atoms with van der Waals surface area (Å²) in [6.07, 6.45) is 17.5. The average Bonchev–Trinajstić information content (AvgIpc) is 3.21. The largest absolute Gasteiger partial charge is 0.339 e. The molecule has 0 aromatic heterocycles. The van der Waals surface area contributed by atoms with Crippen molar-refractivity contribution >= 4 is 46.5 Å². The second kappa shape index (κ2) is 15.4. The number of aryl methyl sites for hydroxylation is 1. The third-order valence-electron chi connectivity index (χ3n) is 16.5. The normalized spacial score (nSPS) is 24.5. The minimum Gasteiger partial charge on any atom is -0.339 e. The van der Waals surface area contributed by atoms with Gasteiger partial charge in [-0.3, -0.25) is 0 Å². The van der Waals surface area contributed by atoms with E-state index in [1.807, 2.05) is 0 Å². The lowest BCUT2D eigenvalue weighted by Gasteiger charge is -2.54. The van der Waals surface area contributed by atoms with Crippen molar-refractivity contribution in [2.24, 2.45) is 34.0 Å². The number of fused-ring (bicyclic) bond motifs is 5. The molecule has 3 aliphatic carbocycles. The Morgan fingerprint density at radius 3 is 1.89 bits per heavy atom. The first-order valence-corrected chi connectivity index (χ1v) is 25.0. The Labute approximate surface area is 389 Å². The number of benzene rings is 4. The van der Waals surface area contributed by atoms with E-state index in [0.29, 0.717) is 29.5 Å². The third kappa shape index (κ3) is 7.98. The molecule has 0 N–H and O–H groups in total. The van der Waals surface area contributed by atoms with Gasteiger partial charge in [-0.05, 0) is 158 Å². The molecule has 0 bridgehead atoms. The highest BCUT2D eigenvalue weighted by molar-refractivity contribution is 6.91. The first-order chi connectivity index (χ1) is 29.8. The minimum absolute atomic E-state index is 0.0336. The lowest BCUT2D eigenvalue weighted by molar-refractivity contribution is 0.218. The Morgan fingerprint density at radius 2 is 1.25 bits per heavy atom. The predicted molar refractivity (Wildman–Crippen MR) is 280 cm³/mol. The van der Waals surface area contributed by atoms with Gasteiger partial charge in [-0.1, -0.05) is 177 Å². The molecule has 2 aliphatic heterocycles. The van der Waals surface area contributed by atoms with Crippen molar-refractivity contribution in [3.05, 3.63) is 136 Å². The number of allylic oxidation sites excluding steroid dienone is 4. The Bertz CT molecular complexity index is 2530. The fourth-order valence-corrected chi connectivity index (χ4v) is 12.1. The molecule has 6 unspecified atom stereocenters. The number of hydrogen-bond donors (Lipinski definition) is 0. The summed E-state index contributed by atoms with van der Waals surface area (Å²) >= 11 is 0. The van der Waals surface area contributed by atoms with E-state index in [0.717, 1.165) is 19.3 Å². The summed E-state index contributed by atoms with van der Waals surface area (Å²) in [4.78, 5) is 5.55. The van der Waals surface area contributed by atoms with Gasteiger partial charge in [-0.2, -0.15) is 0 Å². The maximum Gasteiger partial charge on any atom is 0.226 e. The molecule has 0 radical (unpaired) electrons. The third-order valence-corrected chi connectivity index (χ3v) is 16.5. The van der Waals surface area contributed by atoms with Crippen LogP contribution in [-0.4, -0.2) is 12.8 Å².